The third-order valence-corrected chi connectivity index (χ3v) is 6.00. The Morgan fingerprint density at radius 2 is 1.77 bits per heavy atom. The van der Waals surface area contributed by atoms with Crippen molar-refractivity contribution in [3.63, 3.8) is 0 Å². The van der Waals surface area contributed by atoms with Gasteiger partial charge in [-0.25, -0.2) is 8.42 Å². The quantitative estimate of drug-likeness (QED) is 0.682. The summed E-state index contributed by atoms with van der Waals surface area (Å²) < 4.78 is 32.6. The third-order valence-electron chi connectivity index (χ3n) is 3.36. The molecular formula is C16H18INO3S. The molecule has 2 aromatic rings. The van der Waals surface area contributed by atoms with E-state index in [9.17, 15) is 8.42 Å². The van der Waals surface area contributed by atoms with E-state index in [-0.39, 0.29) is 4.90 Å². The number of methoxy groups -OCH3 is 1. The summed E-state index contributed by atoms with van der Waals surface area (Å²) in [4.78, 5) is 0.271. The Bertz CT molecular complexity index is 757. The number of hydrogen-bond donors (Lipinski definition) is 0. The highest BCUT2D eigenvalue weighted by Gasteiger charge is 2.21. The molecule has 0 bridgehead atoms. The first kappa shape index (κ1) is 17.2. The molecular weight excluding hydrogens is 413 g/mol. The van der Waals surface area contributed by atoms with Crippen LogP contribution in [0.2, 0.25) is 0 Å². The molecule has 0 unspecified atom stereocenters. The molecule has 2 aromatic carbocycles. The highest BCUT2D eigenvalue weighted by molar-refractivity contribution is 14.1. The van der Waals surface area contributed by atoms with Crippen molar-refractivity contribution >= 4 is 32.6 Å². The standard InChI is InChI=1S/C16H18INO3S/c1-12-4-6-13(7-5-12)11-18(2)22(19,20)14-8-9-16(21-3)15(17)10-14/h4-10H,11H2,1-3H3. The Hall–Kier alpha value is -1.12. The average Bonchev–Trinajstić information content (AvgIpc) is 2.49. The number of benzene rings is 2. The summed E-state index contributed by atoms with van der Waals surface area (Å²) in [7, 11) is -0.368. The van der Waals surface area contributed by atoms with Crippen molar-refractivity contribution in [2.75, 3.05) is 14.2 Å². The predicted octanol–water partition coefficient (Wildman–Crippen LogP) is 3.43. The van der Waals surface area contributed by atoms with Crippen molar-refractivity contribution in [3.05, 3.63) is 57.2 Å². The second-order valence-electron chi connectivity index (χ2n) is 5.04. The molecule has 0 amide bonds. The third kappa shape index (κ3) is 3.80. The van der Waals surface area contributed by atoms with Crippen LogP contribution in [0.4, 0.5) is 0 Å². The molecule has 0 aliphatic carbocycles. The van der Waals surface area contributed by atoms with Gasteiger partial charge in [0.25, 0.3) is 0 Å². The first-order chi connectivity index (χ1) is 10.3. The number of nitrogens with zero attached hydrogens (tertiary/aromatic N) is 1. The summed E-state index contributed by atoms with van der Waals surface area (Å²) in [5.74, 6) is 0.667. The molecule has 0 radical (unpaired) electrons. The van der Waals surface area contributed by atoms with Crippen molar-refractivity contribution in [2.45, 2.75) is 18.4 Å². The second-order valence-corrected chi connectivity index (χ2v) is 8.25. The molecule has 0 aromatic heterocycles. The molecule has 22 heavy (non-hydrogen) atoms. The second kappa shape index (κ2) is 6.97. The Kier molecular flexibility index (Phi) is 5.46. The zero-order chi connectivity index (χ0) is 16.3. The van der Waals surface area contributed by atoms with E-state index in [1.54, 1.807) is 32.4 Å². The number of halogens is 1. The molecule has 0 atom stereocenters. The smallest absolute Gasteiger partial charge is 0.243 e. The molecule has 6 heteroatoms. The molecule has 0 spiro atoms. The van der Waals surface area contributed by atoms with Gasteiger partial charge in [0.2, 0.25) is 10.0 Å². The van der Waals surface area contributed by atoms with Crippen LogP contribution in [0.3, 0.4) is 0 Å². The van der Waals surface area contributed by atoms with Gasteiger partial charge in [0.1, 0.15) is 5.75 Å². The molecule has 0 saturated heterocycles. The van der Waals surface area contributed by atoms with Crippen LogP contribution in [0.1, 0.15) is 11.1 Å². The minimum Gasteiger partial charge on any atom is -0.496 e. The van der Waals surface area contributed by atoms with Gasteiger partial charge in [-0.15, -0.1) is 0 Å². The summed E-state index contributed by atoms with van der Waals surface area (Å²) in [5.41, 5.74) is 2.11. The first-order valence-electron chi connectivity index (χ1n) is 6.70. The van der Waals surface area contributed by atoms with Gasteiger partial charge < -0.3 is 4.74 Å². The molecule has 0 N–H and O–H groups in total. The molecule has 0 fully saturated rings. The maximum atomic E-state index is 12.6. The Morgan fingerprint density at radius 1 is 1.14 bits per heavy atom. The fourth-order valence-electron chi connectivity index (χ4n) is 2.02. The first-order valence-corrected chi connectivity index (χ1v) is 9.22. The van der Waals surface area contributed by atoms with Crippen LogP contribution in [-0.4, -0.2) is 26.9 Å². The summed E-state index contributed by atoms with van der Waals surface area (Å²) in [5, 5.41) is 0. The molecule has 0 aliphatic heterocycles. The summed E-state index contributed by atoms with van der Waals surface area (Å²) in [6, 6.07) is 12.7. The van der Waals surface area contributed by atoms with Gasteiger partial charge in [-0.3, -0.25) is 0 Å². The van der Waals surface area contributed by atoms with Gasteiger partial charge in [-0.2, -0.15) is 4.31 Å². The maximum Gasteiger partial charge on any atom is 0.243 e. The molecule has 0 saturated carbocycles. The fourth-order valence-corrected chi connectivity index (χ4v) is 4.16. The van der Waals surface area contributed by atoms with Crippen LogP contribution in [0.25, 0.3) is 0 Å². The summed E-state index contributed by atoms with van der Waals surface area (Å²) >= 11 is 2.07. The van der Waals surface area contributed by atoms with E-state index in [4.69, 9.17) is 4.74 Å². The van der Waals surface area contributed by atoms with E-state index in [1.807, 2.05) is 31.2 Å². The highest BCUT2D eigenvalue weighted by Crippen LogP contribution is 2.25. The Labute approximate surface area is 145 Å². The van der Waals surface area contributed by atoms with Crippen molar-refractivity contribution in [3.8, 4) is 5.75 Å². The zero-order valence-corrected chi connectivity index (χ0v) is 15.7. The molecule has 2 rings (SSSR count). The molecule has 4 nitrogen and oxygen atoms in total. The van der Waals surface area contributed by atoms with Gasteiger partial charge in [0.15, 0.2) is 0 Å². The molecule has 118 valence electrons. The van der Waals surface area contributed by atoms with E-state index in [0.717, 1.165) is 14.7 Å². The maximum absolute atomic E-state index is 12.6. The molecule has 0 heterocycles. The van der Waals surface area contributed by atoms with E-state index < -0.39 is 10.0 Å². The average molecular weight is 431 g/mol. The Morgan fingerprint density at radius 3 is 2.32 bits per heavy atom. The largest absolute Gasteiger partial charge is 0.496 e. The minimum absolute atomic E-state index is 0.271. The number of hydrogen-bond acceptors (Lipinski definition) is 3. The van der Waals surface area contributed by atoms with E-state index in [0.29, 0.717) is 12.3 Å². The van der Waals surface area contributed by atoms with Crippen LogP contribution in [-0.2, 0) is 16.6 Å². The predicted molar refractivity (Wildman–Crippen MR) is 95.5 cm³/mol. The number of rotatable bonds is 5. The topological polar surface area (TPSA) is 46.6 Å². The number of ether oxygens (including phenoxy) is 1. The SMILES string of the molecule is COc1ccc(S(=O)(=O)N(C)Cc2ccc(C)cc2)cc1I. The lowest BCUT2D eigenvalue weighted by atomic mass is 10.1. The van der Waals surface area contributed by atoms with E-state index in [1.165, 1.54) is 4.31 Å². The van der Waals surface area contributed by atoms with Crippen molar-refractivity contribution in [1.29, 1.82) is 0 Å². The van der Waals surface area contributed by atoms with E-state index in [2.05, 4.69) is 22.6 Å². The van der Waals surface area contributed by atoms with Crippen molar-refractivity contribution < 1.29 is 13.2 Å². The van der Waals surface area contributed by atoms with Crippen LogP contribution < -0.4 is 4.74 Å². The minimum atomic E-state index is -3.52. The lowest BCUT2D eigenvalue weighted by Gasteiger charge is -2.18. The normalized spacial score (nSPS) is 11.7. The monoisotopic (exact) mass is 431 g/mol. The lowest BCUT2D eigenvalue weighted by molar-refractivity contribution is 0.411. The summed E-state index contributed by atoms with van der Waals surface area (Å²) in [6.45, 7) is 2.34. The van der Waals surface area contributed by atoms with Crippen LogP contribution in [0.5, 0.6) is 5.75 Å². The van der Waals surface area contributed by atoms with E-state index >= 15 is 0 Å². The van der Waals surface area contributed by atoms with Crippen molar-refractivity contribution in [2.24, 2.45) is 0 Å². The van der Waals surface area contributed by atoms with Gasteiger partial charge in [-0.05, 0) is 53.3 Å². The zero-order valence-electron chi connectivity index (χ0n) is 12.7. The van der Waals surface area contributed by atoms with Crippen LogP contribution in [0.15, 0.2) is 47.4 Å². The van der Waals surface area contributed by atoms with Crippen molar-refractivity contribution in [1.82, 2.24) is 4.31 Å². The van der Waals surface area contributed by atoms with Gasteiger partial charge in [0, 0.05) is 13.6 Å². The highest BCUT2D eigenvalue weighted by atomic mass is 127. The summed E-state index contributed by atoms with van der Waals surface area (Å²) in [6.07, 6.45) is 0. The Balaban J connectivity index is 2.25. The van der Waals surface area contributed by atoms with Crippen LogP contribution in [0, 0.1) is 10.5 Å². The van der Waals surface area contributed by atoms with Gasteiger partial charge in [-0.1, -0.05) is 29.8 Å². The fraction of sp³-hybridized carbons (Fsp3) is 0.250. The number of aryl methyl sites for hydroxylation is 1. The number of sulfonamides is 1. The van der Waals surface area contributed by atoms with Gasteiger partial charge in [0.05, 0.1) is 15.6 Å². The van der Waals surface area contributed by atoms with Crippen LogP contribution >= 0.6 is 22.6 Å². The molecule has 0 aliphatic rings. The lowest BCUT2D eigenvalue weighted by Crippen LogP contribution is -2.26. The van der Waals surface area contributed by atoms with Gasteiger partial charge >= 0.3 is 0 Å².